The Morgan fingerprint density at radius 2 is 1.72 bits per heavy atom. The smallest absolute Gasteiger partial charge is 0.312 e. The maximum atomic E-state index is 14.1. The number of primary amides is 1. The Balaban J connectivity index is 1.58. The maximum Gasteiger partial charge on any atom is 0.312 e. The van der Waals surface area contributed by atoms with Crippen molar-refractivity contribution in [2.24, 2.45) is 5.73 Å². The number of hydrogen-bond acceptors (Lipinski definition) is 3. The molecular formula is C22H27FN4O2. The third-order valence-corrected chi connectivity index (χ3v) is 5.36. The summed E-state index contributed by atoms with van der Waals surface area (Å²) < 4.78 is 14.1. The fourth-order valence-corrected chi connectivity index (χ4v) is 3.66. The molecule has 3 N–H and O–H groups in total. The lowest BCUT2D eigenvalue weighted by Gasteiger charge is -2.35. The minimum absolute atomic E-state index is 0.0261. The van der Waals surface area contributed by atoms with Crippen LogP contribution in [0.3, 0.4) is 0 Å². The molecule has 29 heavy (non-hydrogen) atoms. The zero-order chi connectivity index (χ0) is 20.8. The average molecular weight is 398 g/mol. The molecule has 2 aromatic carbocycles. The van der Waals surface area contributed by atoms with Crippen LogP contribution in [-0.4, -0.2) is 47.9 Å². The first-order valence-electron chi connectivity index (χ1n) is 9.79. The number of nitrogens with two attached hydrogens (primary N) is 1. The van der Waals surface area contributed by atoms with Gasteiger partial charge < -0.3 is 16.0 Å². The van der Waals surface area contributed by atoms with Crippen molar-refractivity contribution in [1.82, 2.24) is 15.1 Å². The van der Waals surface area contributed by atoms with Crippen LogP contribution in [0.25, 0.3) is 0 Å². The summed E-state index contributed by atoms with van der Waals surface area (Å²) in [5, 5.41) is 2.50. The summed E-state index contributed by atoms with van der Waals surface area (Å²) in [4.78, 5) is 28.2. The third-order valence-electron chi connectivity index (χ3n) is 5.36. The van der Waals surface area contributed by atoms with Crippen LogP contribution in [0, 0.1) is 12.7 Å². The summed E-state index contributed by atoms with van der Waals surface area (Å²) in [6.07, 6.45) is -0.0261. The Morgan fingerprint density at radius 3 is 2.38 bits per heavy atom. The first-order valence-corrected chi connectivity index (χ1v) is 9.79. The lowest BCUT2D eigenvalue weighted by Crippen LogP contribution is -2.49. The molecule has 0 aromatic heterocycles. The van der Waals surface area contributed by atoms with Crippen molar-refractivity contribution in [3.05, 3.63) is 71.0 Å². The van der Waals surface area contributed by atoms with Gasteiger partial charge in [-0.15, -0.1) is 0 Å². The minimum atomic E-state index is -0.786. The van der Waals surface area contributed by atoms with E-state index in [0.717, 1.165) is 19.6 Å². The second-order valence-corrected chi connectivity index (χ2v) is 7.37. The van der Waals surface area contributed by atoms with Crippen LogP contribution in [0.1, 0.15) is 29.2 Å². The fourth-order valence-electron chi connectivity index (χ4n) is 3.66. The van der Waals surface area contributed by atoms with E-state index in [4.69, 9.17) is 5.73 Å². The topological polar surface area (TPSA) is 78.7 Å². The zero-order valence-electron chi connectivity index (χ0n) is 16.6. The van der Waals surface area contributed by atoms with Crippen LogP contribution >= 0.6 is 0 Å². The second-order valence-electron chi connectivity index (χ2n) is 7.37. The maximum absolute atomic E-state index is 14.1. The predicted molar refractivity (Wildman–Crippen MR) is 110 cm³/mol. The molecule has 1 atom stereocenters. The van der Waals surface area contributed by atoms with Gasteiger partial charge in [-0.05, 0) is 24.1 Å². The zero-order valence-corrected chi connectivity index (χ0v) is 16.6. The summed E-state index contributed by atoms with van der Waals surface area (Å²) >= 11 is 0. The van der Waals surface area contributed by atoms with Crippen molar-refractivity contribution in [3.63, 3.8) is 0 Å². The summed E-state index contributed by atoms with van der Waals surface area (Å²) in [5.41, 5.74) is 8.05. The van der Waals surface area contributed by atoms with Crippen LogP contribution in [0.15, 0.2) is 48.5 Å². The predicted octanol–water partition coefficient (Wildman–Crippen LogP) is 2.58. The van der Waals surface area contributed by atoms with E-state index in [0.29, 0.717) is 13.1 Å². The Kier molecular flexibility index (Phi) is 6.82. The SMILES string of the molecule is Cc1ccccc1CN1CCN(C(=O)C[C@H](NC(N)=O)c2ccccc2F)CC1. The highest BCUT2D eigenvalue weighted by atomic mass is 19.1. The molecule has 0 aliphatic carbocycles. The van der Waals surface area contributed by atoms with E-state index in [1.165, 1.54) is 17.2 Å². The van der Waals surface area contributed by atoms with E-state index in [-0.39, 0.29) is 17.9 Å². The summed E-state index contributed by atoms with van der Waals surface area (Å²) in [7, 11) is 0. The van der Waals surface area contributed by atoms with Gasteiger partial charge in [-0.3, -0.25) is 9.69 Å². The number of halogens is 1. The van der Waals surface area contributed by atoms with Crippen molar-refractivity contribution in [2.75, 3.05) is 26.2 Å². The summed E-state index contributed by atoms with van der Waals surface area (Å²) in [5.74, 6) is -0.593. The molecule has 3 amide bonds. The van der Waals surface area contributed by atoms with Gasteiger partial charge in [0.25, 0.3) is 0 Å². The molecule has 1 aliphatic heterocycles. The van der Waals surface area contributed by atoms with E-state index >= 15 is 0 Å². The van der Waals surface area contributed by atoms with Gasteiger partial charge >= 0.3 is 6.03 Å². The number of nitrogens with one attached hydrogen (secondary N) is 1. The molecule has 0 radical (unpaired) electrons. The Morgan fingerprint density at radius 1 is 1.07 bits per heavy atom. The first-order chi connectivity index (χ1) is 13.9. The standard InChI is InChI=1S/C22H27FN4O2/c1-16-6-2-3-7-17(16)15-26-10-12-27(13-11-26)21(28)14-20(25-22(24)29)18-8-4-5-9-19(18)23/h2-9,20H,10-15H2,1H3,(H3,24,25,29)/t20-/m0/s1. The van der Waals surface area contributed by atoms with Crippen LogP contribution < -0.4 is 11.1 Å². The van der Waals surface area contributed by atoms with Gasteiger partial charge in [0.15, 0.2) is 0 Å². The molecule has 0 unspecified atom stereocenters. The van der Waals surface area contributed by atoms with E-state index in [9.17, 15) is 14.0 Å². The van der Waals surface area contributed by atoms with Gasteiger partial charge in [0.1, 0.15) is 5.82 Å². The second kappa shape index (κ2) is 9.52. The number of hydrogen-bond donors (Lipinski definition) is 2. The van der Waals surface area contributed by atoms with E-state index < -0.39 is 17.9 Å². The molecule has 6 nitrogen and oxygen atoms in total. The number of piperazine rings is 1. The lowest BCUT2D eigenvalue weighted by molar-refractivity contribution is -0.133. The summed E-state index contributed by atoms with van der Waals surface area (Å²) in [6, 6.07) is 12.8. The third kappa shape index (κ3) is 5.54. The quantitative estimate of drug-likeness (QED) is 0.785. The molecule has 1 aliphatic rings. The molecule has 1 heterocycles. The van der Waals surface area contributed by atoms with Crippen molar-refractivity contribution in [3.8, 4) is 0 Å². The number of rotatable bonds is 6. The van der Waals surface area contributed by atoms with E-state index in [1.54, 1.807) is 23.1 Å². The van der Waals surface area contributed by atoms with Crippen LogP contribution in [0.2, 0.25) is 0 Å². The van der Waals surface area contributed by atoms with Crippen molar-refractivity contribution < 1.29 is 14.0 Å². The van der Waals surface area contributed by atoms with Crippen LogP contribution in [0.4, 0.5) is 9.18 Å². The van der Waals surface area contributed by atoms with Gasteiger partial charge in [-0.25, -0.2) is 9.18 Å². The first kappa shape index (κ1) is 20.8. The van der Waals surface area contributed by atoms with Gasteiger partial charge in [0.2, 0.25) is 5.91 Å². The molecule has 0 saturated carbocycles. The van der Waals surface area contributed by atoms with Gasteiger partial charge in [-0.1, -0.05) is 42.5 Å². The average Bonchev–Trinajstić information content (AvgIpc) is 2.70. The number of urea groups is 1. The van der Waals surface area contributed by atoms with Crippen LogP contribution in [0.5, 0.6) is 0 Å². The monoisotopic (exact) mass is 398 g/mol. The number of carbonyl (C=O) groups is 2. The summed E-state index contributed by atoms with van der Waals surface area (Å²) in [6.45, 7) is 5.71. The molecule has 1 saturated heterocycles. The number of benzene rings is 2. The number of nitrogens with zero attached hydrogens (tertiary/aromatic N) is 2. The molecule has 3 rings (SSSR count). The largest absolute Gasteiger partial charge is 0.352 e. The Labute approximate surface area is 170 Å². The minimum Gasteiger partial charge on any atom is -0.352 e. The molecule has 0 bridgehead atoms. The van der Waals surface area contributed by atoms with Crippen molar-refractivity contribution in [1.29, 1.82) is 0 Å². The highest BCUT2D eigenvalue weighted by Gasteiger charge is 2.26. The normalized spacial score (nSPS) is 15.7. The van der Waals surface area contributed by atoms with Crippen molar-refractivity contribution in [2.45, 2.75) is 25.9 Å². The van der Waals surface area contributed by atoms with E-state index in [1.807, 2.05) is 12.1 Å². The molecule has 7 heteroatoms. The van der Waals surface area contributed by atoms with Crippen LogP contribution in [-0.2, 0) is 11.3 Å². The highest BCUT2D eigenvalue weighted by Crippen LogP contribution is 2.22. The number of amides is 3. The Hall–Kier alpha value is -2.93. The van der Waals surface area contributed by atoms with Gasteiger partial charge in [0.05, 0.1) is 12.5 Å². The molecule has 2 aromatic rings. The highest BCUT2D eigenvalue weighted by molar-refractivity contribution is 5.79. The molecular weight excluding hydrogens is 371 g/mol. The van der Waals surface area contributed by atoms with Gasteiger partial charge in [-0.2, -0.15) is 0 Å². The number of aryl methyl sites for hydroxylation is 1. The lowest BCUT2D eigenvalue weighted by atomic mass is 10.0. The van der Waals surface area contributed by atoms with E-state index in [2.05, 4.69) is 29.3 Å². The van der Waals surface area contributed by atoms with Gasteiger partial charge in [0, 0.05) is 38.3 Å². The Bertz CT molecular complexity index is 865. The molecule has 154 valence electrons. The van der Waals surface area contributed by atoms with Crippen molar-refractivity contribution >= 4 is 11.9 Å². The molecule has 0 spiro atoms. The fraction of sp³-hybridized carbons (Fsp3) is 0.364. The molecule has 1 fully saturated rings. The number of carbonyl (C=O) groups excluding carboxylic acids is 2.